The maximum absolute atomic E-state index is 14.2. The molecule has 5 nitrogen and oxygen atoms in total. The van der Waals surface area contributed by atoms with Gasteiger partial charge in [-0.1, -0.05) is 18.2 Å². The normalized spacial score (nSPS) is 15.7. The fourth-order valence-electron chi connectivity index (χ4n) is 2.79. The Morgan fingerprint density at radius 3 is 2.31 bits per heavy atom. The standard InChI is InChI=1S/C19H16F2N2O3/c1-2-5-16(22)17(14-10-11(20)8-9-15(14)21)26-23-18(24)12-6-3-4-7-13(12)19(23)25/h2-4,6-10,16-17H,1,5,22H2. The molecule has 2 aromatic rings. The molecular weight excluding hydrogens is 342 g/mol. The van der Waals surface area contributed by atoms with E-state index in [1.165, 1.54) is 18.2 Å². The molecular formula is C19H16F2N2O3. The minimum atomic E-state index is -1.26. The first kappa shape index (κ1) is 17.9. The number of halogens is 2. The maximum atomic E-state index is 14.2. The largest absolute Gasteiger partial charge is 0.325 e. The zero-order valence-electron chi connectivity index (χ0n) is 13.7. The third-order valence-electron chi connectivity index (χ3n) is 4.07. The molecule has 7 heteroatoms. The van der Waals surface area contributed by atoms with Crippen molar-refractivity contribution in [1.82, 2.24) is 5.06 Å². The average Bonchev–Trinajstić information content (AvgIpc) is 2.87. The van der Waals surface area contributed by atoms with Crippen molar-refractivity contribution in [2.24, 2.45) is 5.73 Å². The number of nitrogens with zero attached hydrogens (tertiary/aromatic N) is 1. The van der Waals surface area contributed by atoms with E-state index in [9.17, 15) is 18.4 Å². The first-order valence-corrected chi connectivity index (χ1v) is 7.90. The first-order valence-electron chi connectivity index (χ1n) is 7.90. The predicted molar refractivity (Wildman–Crippen MR) is 89.9 cm³/mol. The molecule has 26 heavy (non-hydrogen) atoms. The van der Waals surface area contributed by atoms with E-state index in [0.717, 1.165) is 18.2 Å². The van der Waals surface area contributed by atoms with Gasteiger partial charge in [-0.3, -0.25) is 14.4 Å². The van der Waals surface area contributed by atoms with Crippen LogP contribution in [-0.4, -0.2) is 22.9 Å². The summed E-state index contributed by atoms with van der Waals surface area (Å²) in [5, 5.41) is 0.544. The molecule has 3 rings (SSSR count). The van der Waals surface area contributed by atoms with Crippen molar-refractivity contribution in [3.05, 3.63) is 83.4 Å². The van der Waals surface area contributed by atoms with E-state index < -0.39 is 35.6 Å². The van der Waals surface area contributed by atoms with Gasteiger partial charge in [0.1, 0.15) is 17.7 Å². The molecule has 1 heterocycles. The molecule has 0 bridgehead atoms. The monoisotopic (exact) mass is 358 g/mol. The van der Waals surface area contributed by atoms with Gasteiger partial charge in [0.2, 0.25) is 0 Å². The van der Waals surface area contributed by atoms with Crippen LogP contribution in [0.15, 0.2) is 55.1 Å². The lowest BCUT2D eigenvalue weighted by Gasteiger charge is -2.27. The van der Waals surface area contributed by atoms with E-state index in [1.807, 2.05) is 0 Å². The van der Waals surface area contributed by atoms with Crippen LogP contribution in [0.2, 0.25) is 0 Å². The van der Waals surface area contributed by atoms with Crippen LogP contribution in [0.5, 0.6) is 0 Å². The minimum Gasteiger partial charge on any atom is -0.325 e. The molecule has 134 valence electrons. The number of amides is 2. The lowest BCUT2D eigenvalue weighted by atomic mass is 10.00. The zero-order valence-corrected chi connectivity index (χ0v) is 13.7. The smallest absolute Gasteiger partial charge is 0.285 e. The van der Waals surface area contributed by atoms with Crippen molar-refractivity contribution >= 4 is 11.8 Å². The summed E-state index contributed by atoms with van der Waals surface area (Å²) in [6.07, 6.45) is 0.426. The number of imide groups is 1. The van der Waals surface area contributed by atoms with Crippen LogP contribution in [0.1, 0.15) is 38.8 Å². The van der Waals surface area contributed by atoms with Crippen LogP contribution in [0, 0.1) is 11.6 Å². The molecule has 0 saturated heterocycles. The third kappa shape index (κ3) is 3.14. The first-order chi connectivity index (χ1) is 12.4. The maximum Gasteiger partial charge on any atom is 0.285 e. The van der Waals surface area contributed by atoms with Gasteiger partial charge < -0.3 is 5.73 Å². The summed E-state index contributed by atoms with van der Waals surface area (Å²) in [5.41, 5.74) is 6.18. The predicted octanol–water partition coefficient (Wildman–Crippen LogP) is 3.14. The van der Waals surface area contributed by atoms with Crippen LogP contribution < -0.4 is 5.73 Å². The Hall–Kier alpha value is -2.90. The molecule has 2 unspecified atom stereocenters. The van der Waals surface area contributed by atoms with Crippen molar-refractivity contribution in [3.63, 3.8) is 0 Å². The second-order valence-electron chi connectivity index (χ2n) is 5.83. The van der Waals surface area contributed by atoms with E-state index in [2.05, 4.69) is 6.58 Å². The summed E-state index contributed by atoms with van der Waals surface area (Å²) in [4.78, 5) is 30.4. The van der Waals surface area contributed by atoms with Gasteiger partial charge >= 0.3 is 0 Å². The number of fused-ring (bicyclic) bond motifs is 1. The molecule has 2 amide bonds. The minimum absolute atomic E-state index is 0.174. The fourth-order valence-corrected chi connectivity index (χ4v) is 2.79. The molecule has 0 radical (unpaired) electrons. The topological polar surface area (TPSA) is 72.6 Å². The zero-order chi connectivity index (χ0) is 18.8. The summed E-state index contributed by atoms with van der Waals surface area (Å²) in [5.74, 6) is -2.81. The molecule has 0 fully saturated rings. The number of hydrogen-bond donors (Lipinski definition) is 1. The molecule has 2 N–H and O–H groups in total. The molecule has 2 aromatic carbocycles. The number of nitrogens with two attached hydrogens (primary N) is 1. The van der Waals surface area contributed by atoms with Crippen LogP contribution in [-0.2, 0) is 4.84 Å². The number of rotatable bonds is 6. The molecule has 2 atom stereocenters. The Kier molecular flexibility index (Phi) is 4.92. The van der Waals surface area contributed by atoms with Gasteiger partial charge in [-0.25, -0.2) is 8.78 Å². The van der Waals surface area contributed by atoms with E-state index >= 15 is 0 Å². The highest BCUT2D eigenvalue weighted by molar-refractivity contribution is 6.20. The van der Waals surface area contributed by atoms with Crippen LogP contribution in [0.25, 0.3) is 0 Å². The molecule has 0 aliphatic carbocycles. The van der Waals surface area contributed by atoms with Crippen molar-refractivity contribution < 1.29 is 23.2 Å². The molecule has 1 aliphatic rings. The molecule has 0 saturated carbocycles. The second-order valence-corrected chi connectivity index (χ2v) is 5.83. The van der Waals surface area contributed by atoms with Crippen molar-refractivity contribution in [3.8, 4) is 0 Å². The number of carbonyl (C=O) groups excluding carboxylic acids is 2. The third-order valence-corrected chi connectivity index (χ3v) is 4.07. The number of benzene rings is 2. The quantitative estimate of drug-likeness (QED) is 0.636. The van der Waals surface area contributed by atoms with E-state index in [-0.39, 0.29) is 23.1 Å². The van der Waals surface area contributed by atoms with Gasteiger partial charge in [-0.2, -0.15) is 0 Å². The van der Waals surface area contributed by atoms with Gasteiger partial charge in [0.25, 0.3) is 11.8 Å². The Balaban J connectivity index is 1.97. The van der Waals surface area contributed by atoms with E-state index in [1.54, 1.807) is 12.1 Å². The van der Waals surface area contributed by atoms with Crippen LogP contribution in [0.3, 0.4) is 0 Å². The summed E-state index contributed by atoms with van der Waals surface area (Å²) >= 11 is 0. The summed E-state index contributed by atoms with van der Waals surface area (Å²) in [6, 6.07) is 8.16. The second kappa shape index (κ2) is 7.15. The van der Waals surface area contributed by atoms with Crippen LogP contribution in [0.4, 0.5) is 8.78 Å². The Bertz CT molecular complexity index is 850. The van der Waals surface area contributed by atoms with Gasteiger partial charge in [-0.05, 0) is 36.8 Å². The number of hydrogen-bond acceptors (Lipinski definition) is 4. The summed E-state index contributed by atoms with van der Waals surface area (Å²) in [6.45, 7) is 3.56. The molecule has 0 aromatic heterocycles. The summed E-state index contributed by atoms with van der Waals surface area (Å²) < 4.78 is 27.8. The summed E-state index contributed by atoms with van der Waals surface area (Å²) in [7, 11) is 0. The highest BCUT2D eigenvalue weighted by Gasteiger charge is 2.39. The average molecular weight is 358 g/mol. The number of carbonyl (C=O) groups is 2. The van der Waals surface area contributed by atoms with Crippen molar-refractivity contribution in [2.45, 2.75) is 18.6 Å². The Morgan fingerprint density at radius 2 is 1.73 bits per heavy atom. The van der Waals surface area contributed by atoms with E-state index in [4.69, 9.17) is 10.6 Å². The van der Waals surface area contributed by atoms with Gasteiger partial charge in [0.05, 0.1) is 11.1 Å². The molecule has 0 spiro atoms. The Morgan fingerprint density at radius 1 is 1.12 bits per heavy atom. The lowest BCUT2D eigenvalue weighted by Crippen LogP contribution is -2.39. The highest BCUT2D eigenvalue weighted by atomic mass is 19.1. The van der Waals surface area contributed by atoms with Crippen molar-refractivity contribution in [2.75, 3.05) is 0 Å². The highest BCUT2D eigenvalue weighted by Crippen LogP contribution is 2.31. The Labute approximate surface area is 148 Å². The van der Waals surface area contributed by atoms with Crippen molar-refractivity contribution in [1.29, 1.82) is 0 Å². The van der Waals surface area contributed by atoms with Crippen LogP contribution >= 0.6 is 0 Å². The fraction of sp³-hybridized carbons (Fsp3) is 0.158. The molecule has 1 aliphatic heterocycles. The lowest BCUT2D eigenvalue weighted by molar-refractivity contribution is -0.142. The van der Waals surface area contributed by atoms with Gasteiger partial charge in [0, 0.05) is 11.6 Å². The number of hydroxylamine groups is 2. The SMILES string of the molecule is C=CCC(N)C(ON1C(=O)c2ccccc2C1=O)c1cc(F)ccc1F. The van der Waals surface area contributed by atoms with Gasteiger partial charge in [0.15, 0.2) is 0 Å². The van der Waals surface area contributed by atoms with E-state index in [0.29, 0.717) is 5.06 Å². The van der Waals surface area contributed by atoms with Gasteiger partial charge in [-0.15, -0.1) is 11.6 Å².